The van der Waals surface area contributed by atoms with Crippen molar-refractivity contribution in [3.8, 4) is 0 Å². The Morgan fingerprint density at radius 1 is 0.842 bits per heavy atom. The molecule has 2 rings (SSSR count). The molecular formula is C17H26N2. The molecule has 0 fully saturated rings. The normalized spacial score (nSPS) is 10.1. The van der Waals surface area contributed by atoms with Gasteiger partial charge in [0.2, 0.25) is 0 Å². The zero-order valence-electron chi connectivity index (χ0n) is 12.5. The fourth-order valence-corrected chi connectivity index (χ4v) is 2.00. The van der Waals surface area contributed by atoms with Crippen LogP contribution >= 0.6 is 0 Å². The van der Waals surface area contributed by atoms with Crippen LogP contribution in [0.5, 0.6) is 0 Å². The van der Waals surface area contributed by atoms with Gasteiger partial charge in [-0.2, -0.15) is 0 Å². The molecule has 0 spiro atoms. The lowest BCUT2D eigenvalue weighted by Crippen LogP contribution is -1.83. The van der Waals surface area contributed by atoms with Crippen LogP contribution in [0.4, 0.5) is 0 Å². The first kappa shape index (κ1) is 15.6. The first-order valence-corrected chi connectivity index (χ1v) is 7.46. The molecule has 0 saturated carbocycles. The Balaban J connectivity index is 0.000000203. The van der Waals surface area contributed by atoms with Crippen LogP contribution in [0.25, 0.3) is 10.9 Å². The summed E-state index contributed by atoms with van der Waals surface area (Å²) in [5.41, 5.74) is 2.05. The summed E-state index contributed by atoms with van der Waals surface area (Å²) in [5.74, 6) is 0. The number of hydrogen-bond donors (Lipinski definition) is 0. The van der Waals surface area contributed by atoms with E-state index < -0.39 is 0 Å². The van der Waals surface area contributed by atoms with Crippen LogP contribution in [0.1, 0.15) is 58.1 Å². The van der Waals surface area contributed by atoms with Crippen molar-refractivity contribution in [1.82, 2.24) is 9.97 Å². The van der Waals surface area contributed by atoms with Crippen molar-refractivity contribution >= 4 is 10.9 Å². The van der Waals surface area contributed by atoms with E-state index in [2.05, 4.69) is 23.8 Å². The van der Waals surface area contributed by atoms with Crippen LogP contribution in [-0.4, -0.2) is 9.97 Å². The number of pyridine rings is 2. The minimum atomic E-state index is 1.01. The second-order valence-corrected chi connectivity index (χ2v) is 4.88. The van der Waals surface area contributed by atoms with E-state index in [-0.39, 0.29) is 0 Å². The molecule has 0 bridgehead atoms. The molecule has 2 aromatic heterocycles. The van der Waals surface area contributed by atoms with Crippen molar-refractivity contribution < 1.29 is 0 Å². The lowest BCUT2D eigenvalue weighted by Gasteiger charge is -1.97. The van der Waals surface area contributed by atoms with Gasteiger partial charge in [-0.1, -0.05) is 52.4 Å². The highest BCUT2D eigenvalue weighted by Crippen LogP contribution is 2.11. The molecule has 0 amide bonds. The molecule has 2 heteroatoms. The van der Waals surface area contributed by atoms with Crippen LogP contribution in [0.3, 0.4) is 0 Å². The summed E-state index contributed by atoms with van der Waals surface area (Å²) in [6.07, 6.45) is 12.1. The number of nitrogens with zero attached hydrogens (tertiary/aromatic N) is 2. The summed E-state index contributed by atoms with van der Waals surface area (Å²) in [6, 6.07) is 5.88. The van der Waals surface area contributed by atoms with Crippen LogP contribution in [0.2, 0.25) is 0 Å². The van der Waals surface area contributed by atoms with E-state index in [1.54, 1.807) is 12.4 Å². The molecule has 0 radical (unpaired) electrons. The molecule has 2 nitrogen and oxygen atoms in total. The predicted molar refractivity (Wildman–Crippen MR) is 83.3 cm³/mol. The molecular weight excluding hydrogens is 232 g/mol. The van der Waals surface area contributed by atoms with E-state index in [1.807, 2.05) is 25.1 Å². The second kappa shape index (κ2) is 9.48. The number of hydrogen-bond acceptors (Lipinski definition) is 2. The zero-order chi connectivity index (χ0) is 13.9. The van der Waals surface area contributed by atoms with Crippen molar-refractivity contribution in [2.45, 2.75) is 59.3 Å². The summed E-state index contributed by atoms with van der Waals surface area (Å²) >= 11 is 0. The van der Waals surface area contributed by atoms with E-state index in [0.717, 1.165) is 16.6 Å². The highest BCUT2D eigenvalue weighted by atomic mass is 14.7. The number of unbranched alkanes of at least 4 members (excludes halogenated alkanes) is 5. The highest BCUT2D eigenvalue weighted by Gasteiger charge is 1.94. The number of aromatic nitrogens is 2. The van der Waals surface area contributed by atoms with Crippen molar-refractivity contribution in [3.05, 3.63) is 36.3 Å². The number of aryl methyl sites for hydroxylation is 1. The van der Waals surface area contributed by atoms with Gasteiger partial charge in [0.15, 0.2) is 0 Å². The maximum absolute atomic E-state index is 4.20. The third kappa shape index (κ3) is 5.82. The molecule has 0 aliphatic rings. The predicted octanol–water partition coefficient (Wildman–Crippen LogP) is 5.31. The topological polar surface area (TPSA) is 25.8 Å². The second-order valence-electron chi connectivity index (χ2n) is 4.88. The van der Waals surface area contributed by atoms with Crippen LogP contribution in [-0.2, 0) is 0 Å². The van der Waals surface area contributed by atoms with Crippen molar-refractivity contribution in [1.29, 1.82) is 0 Å². The molecule has 0 aliphatic heterocycles. The third-order valence-electron chi connectivity index (χ3n) is 3.19. The Bertz CT molecular complexity index is 454. The van der Waals surface area contributed by atoms with E-state index in [4.69, 9.17) is 0 Å². The first-order valence-electron chi connectivity index (χ1n) is 7.46. The summed E-state index contributed by atoms with van der Waals surface area (Å²) in [6.45, 7) is 6.50. The van der Waals surface area contributed by atoms with Gasteiger partial charge in [0.25, 0.3) is 0 Å². The van der Waals surface area contributed by atoms with Gasteiger partial charge in [-0.3, -0.25) is 9.97 Å². The third-order valence-corrected chi connectivity index (χ3v) is 3.19. The molecule has 0 unspecified atom stereocenters. The van der Waals surface area contributed by atoms with Crippen LogP contribution in [0, 0.1) is 6.92 Å². The molecule has 19 heavy (non-hydrogen) atoms. The van der Waals surface area contributed by atoms with Crippen LogP contribution < -0.4 is 0 Å². The monoisotopic (exact) mass is 258 g/mol. The average Bonchev–Trinajstić information content (AvgIpc) is 2.45. The highest BCUT2D eigenvalue weighted by molar-refractivity contribution is 5.79. The lowest BCUT2D eigenvalue weighted by atomic mass is 10.1. The van der Waals surface area contributed by atoms with E-state index in [9.17, 15) is 0 Å². The van der Waals surface area contributed by atoms with Gasteiger partial charge in [0.1, 0.15) is 0 Å². The van der Waals surface area contributed by atoms with Gasteiger partial charge < -0.3 is 0 Å². The summed E-state index contributed by atoms with van der Waals surface area (Å²) in [7, 11) is 0. The van der Waals surface area contributed by atoms with Crippen molar-refractivity contribution in [2.75, 3.05) is 0 Å². The Morgan fingerprint density at radius 2 is 1.53 bits per heavy atom. The summed E-state index contributed by atoms with van der Waals surface area (Å²) in [4.78, 5) is 8.37. The number of rotatable bonds is 5. The molecule has 104 valence electrons. The van der Waals surface area contributed by atoms with Gasteiger partial charge >= 0.3 is 0 Å². The Labute approximate surface area is 117 Å². The Kier molecular flexibility index (Phi) is 7.80. The largest absolute Gasteiger partial charge is 0.261 e. The van der Waals surface area contributed by atoms with E-state index in [0.29, 0.717) is 0 Å². The molecule has 2 heterocycles. The molecule has 0 saturated heterocycles. The molecule has 0 aromatic carbocycles. The number of fused-ring (bicyclic) bond motifs is 1. The lowest BCUT2D eigenvalue weighted by molar-refractivity contribution is 0.624. The quantitative estimate of drug-likeness (QED) is 0.680. The summed E-state index contributed by atoms with van der Waals surface area (Å²) in [5, 5.41) is 1.13. The van der Waals surface area contributed by atoms with E-state index >= 15 is 0 Å². The van der Waals surface area contributed by atoms with Crippen molar-refractivity contribution in [2.24, 2.45) is 0 Å². The zero-order valence-corrected chi connectivity index (χ0v) is 12.5. The fourth-order valence-electron chi connectivity index (χ4n) is 2.00. The Morgan fingerprint density at radius 3 is 2.11 bits per heavy atom. The maximum atomic E-state index is 4.20. The van der Waals surface area contributed by atoms with E-state index in [1.165, 1.54) is 38.5 Å². The van der Waals surface area contributed by atoms with Crippen molar-refractivity contribution in [3.63, 3.8) is 0 Å². The minimum Gasteiger partial charge on any atom is -0.261 e. The minimum absolute atomic E-state index is 1.01. The molecule has 2 aromatic rings. The van der Waals surface area contributed by atoms with Gasteiger partial charge in [-0.25, -0.2) is 0 Å². The maximum Gasteiger partial charge on any atom is 0.0735 e. The van der Waals surface area contributed by atoms with Gasteiger partial charge in [0.05, 0.1) is 5.52 Å². The molecule has 0 N–H and O–H groups in total. The standard InChI is InChI=1S/C9H8N2.C8H18/c1-7-8-3-2-5-11-9(8)4-6-10-7;1-3-5-7-8-6-4-2/h2-6H,1H3;3-8H2,1-2H3. The average molecular weight is 258 g/mol. The SMILES string of the molecule is CCCCCCCC.Cc1nccc2ncccc12. The molecule has 0 aliphatic carbocycles. The van der Waals surface area contributed by atoms with Gasteiger partial charge in [-0.15, -0.1) is 0 Å². The fraction of sp³-hybridized carbons (Fsp3) is 0.529. The molecule has 0 atom stereocenters. The smallest absolute Gasteiger partial charge is 0.0735 e. The van der Waals surface area contributed by atoms with Gasteiger partial charge in [0, 0.05) is 23.5 Å². The first-order chi connectivity index (χ1) is 9.29. The summed E-state index contributed by atoms with van der Waals surface area (Å²) < 4.78 is 0. The van der Waals surface area contributed by atoms with Crippen LogP contribution in [0.15, 0.2) is 30.6 Å². The Hall–Kier alpha value is -1.44. The van der Waals surface area contributed by atoms with Gasteiger partial charge in [-0.05, 0) is 25.1 Å².